The molecule has 1 aliphatic carbocycles. The average Bonchev–Trinajstić information content (AvgIpc) is 3.39. The summed E-state index contributed by atoms with van der Waals surface area (Å²) in [6.07, 6.45) is 3.48. The predicted molar refractivity (Wildman–Crippen MR) is 101 cm³/mol. The number of ether oxygens (including phenoxy) is 2. The minimum absolute atomic E-state index is 0. The first-order chi connectivity index (χ1) is 11.7. The van der Waals surface area contributed by atoms with Crippen LogP contribution in [0.2, 0.25) is 0 Å². The van der Waals surface area contributed by atoms with Gasteiger partial charge in [-0.3, -0.25) is 4.79 Å². The summed E-state index contributed by atoms with van der Waals surface area (Å²) in [5, 5.41) is 3.29. The van der Waals surface area contributed by atoms with Gasteiger partial charge in [0.05, 0.1) is 19.8 Å². The van der Waals surface area contributed by atoms with E-state index in [0.29, 0.717) is 26.3 Å². The molecule has 6 heteroatoms. The van der Waals surface area contributed by atoms with Crippen molar-refractivity contribution in [1.82, 2.24) is 10.2 Å². The Hall–Kier alpha value is -1.46. The summed E-state index contributed by atoms with van der Waals surface area (Å²) in [6.45, 7) is 8.02. The summed E-state index contributed by atoms with van der Waals surface area (Å²) in [7, 11) is 0. The third-order valence-corrected chi connectivity index (χ3v) is 4.64. The number of carbonyl (C=O) groups is 1. The van der Waals surface area contributed by atoms with Gasteiger partial charge in [-0.15, -0.1) is 12.4 Å². The van der Waals surface area contributed by atoms with Gasteiger partial charge in [0.25, 0.3) is 0 Å². The summed E-state index contributed by atoms with van der Waals surface area (Å²) in [4.78, 5) is 14.3. The summed E-state index contributed by atoms with van der Waals surface area (Å²) < 4.78 is 11.4. The molecule has 1 amide bonds. The maximum absolute atomic E-state index is 12.4. The number of hydrogen-bond donors (Lipinski definition) is 1. The van der Waals surface area contributed by atoms with E-state index in [1.165, 1.54) is 24.0 Å². The molecule has 1 saturated carbocycles. The van der Waals surface area contributed by atoms with E-state index in [2.05, 4.69) is 11.4 Å². The standard InChI is InChI=1S/C19H28N2O3.ClH/c1-3-23-17-9-15-7-8-21(13-16(15)10-18(17)24-4-2)19(22)12-20-11-14-5-6-14;/h9-10,14,20H,3-8,11-13H2,1-2H3;1H. The van der Waals surface area contributed by atoms with Gasteiger partial charge in [-0.2, -0.15) is 0 Å². The lowest BCUT2D eigenvalue weighted by atomic mass is 9.98. The summed E-state index contributed by atoms with van der Waals surface area (Å²) in [6, 6.07) is 4.12. The number of hydrogen-bond acceptors (Lipinski definition) is 4. The molecular formula is C19H29ClN2O3. The summed E-state index contributed by atoms with van der Waals surface area (Å²) in [5.41, 5.74) is 2.43. The molecule has 2 aliphatic rings. The number of halogens is 1. The highest BCUT2D eigenvalue weighted by atomic mass is 35.5. The zero-order valence-corrected chi connectivity index (χ0v) is 16.0. The molecule has 1 N–H and O–H groups in total. The van der Waals surface area contributed by atoms with Crippen LogP contribution in [0.4, 0.5) is 0 Å². The topological polar surface area (TPSA) is 50.8 Å². The molecule has 0 radical (unpaired) electrons. The molecule has 0 saturated heterocycles. The highest BCUT2D eigenvalue weighted by Crippen LogP contribution is 2.34. The van der Waals surface area contributed by atoms with Crippen molar-refractivity contribution in [3.63, 3.8) is 0 Å². The number of carbonyl (C=O) groups excluding carboxylic acids is 1. The predicted octanol–water partition coefficient (Wildman–Crippen LogP) is 2.79. The Labute approximate surface area is 156 Å². The first kappa shape index (κ1) is 19.9. The van der Waals surface area contributed by atoms with Gasteiger partial charge in [0.15, 0.2) is 11.5 Å². The van der Waals surface area contributed by atoms with Crippen molar-refractivity contribution in [2.45, 2.75) is 39.7 Å². The molecule has 140 valence electrons. The number of amides is 1. The zero-order chi connectivity index (χ0) is 16.9. The van der Waals surface area contributed by atoms with E-state index in [-0.39, 0.29) is 18.3 Å². The van der Waals surface area contributed by atoms with Gasteiger partial charge in [0.1, 0.15) is 0 Å². The Balaban J connectivity index is 0.00000225. The number of rotatable bonds is 8. The van der Waals surface area contributed by atoms with Crippen LogP contribution in [0, 0.1) is 5.92 Å². The fourth-order valence-electron chi connectivity index (χ4n) is 3.13. The van der Waals surface area contributed by atoms with Crippen molar-refractivity contribution in [3.05, 3.63) is 23.3 Å². The Morgan fingerprint density at radius 3 is 2.40 bits per heavy atom. The maximum Gasteiger partial charge on any atom is 0.236 e. The molecule has 1 fully saturated rings. The molecular weight excluding hydrogens is 340 g/mol. The smallest absolute Gasteiger partial charge is 0.236 e. The second kappa shape index (κ2) is 9.30. The van der Waals surface area contributed by atoms with Gasteiger partial charge in [-0.25, -0.2) is 0 Å². The number of nitrogens with zero attached hydrogens (tertiary/aromatic N) is 1. The lowest BCUT2D eigenvalue weighted by molar-refractivity contribution is -0.131. The Morgan fingerprint density at radius 2 is 1.80 bits per heavy atom. The van der Waals surface area contributed by atoms with Crippen LogP contribution >= 0.6 is 12.4 Å². The number of fused-ring (bicyclic) bond motifs is 1. The minimum atomic E-state index is 0. The number of benzene rings is 1. The molecule has 25 heavy (non-hydrogen) atoms. The number of nitrogens with one attached hydrogen (secondary N) is 1. The van der Waals surface area contributed by atoms with Crippen molar-refractivity contribution in [2.75, 3.05) is 32.8 Å². The molecule has 0 atom stereocenters. The maximum atomic E-state index is 12.4. The third kappa shape index (κ3) is 5.25. The molecule has 1 aliphatic heterocycles. The second-order valence-electron chi connectivity index (χ2n) is 6.57. The van der Waals surface area contributed by atoms with E-state index >= 15 is 0 Å². The van der Waals surface area contributed by atoms with Crippen LogP contribution in [0.3, 0.4) is 0 Å². The van der Waals surface area contributed by atoms with Gasteiger partial charge in [-0.05, 0) is 68.8 Å². The lowest BCUT2D eigenvalue weighted by Gasteiger charge is -2.30. The Morgan fingerprint density at radius 1 is 1.16 bits per heavy atom. The molecule has 0 aromatic heterocycles. The lowest BCUT2D eigenvalue weighted by Crippen LogP contribution is -2.41. The summed E-state index contributed by atoms with van der Waals surface area (Å²) >= 11 is 0. The van der Waals surface area contributed by atoms with Crippen LogP contribution in [0.5, 0.6) is 11.5 Å². The van der Waals surface area contributed by atoms with Crippen molar-refractivity contribution in [2.24, 2.45) is 5.92 Å². The highest BCUT2D eigenvalue weighted by Gasteiger charge is 2.24. The van der Waals surface area contributed by atoms with E-state index in [0.717, 1.165) is 36.9 Å². The fourth-order valence-corrected chi connectivity index (χ4v) is 3.13. The van der Waals surface area contributed by atoms with Gasteiger partial charge >= 0.3 is 0 Å². The van der Waals surface area contributed by atoms with Crippen LogP contribution < -0.4 is 14.8 Å². The van der Waals surface area contributed by atoms with Gasteiger partial charge in [-0.1, -0.05) is 0 Å². The van der Waals surface area contributed by atoms with Gasteiger partial charge in [0, 0.05) is 13.1 Å². The molecule has 3 rings (SSSR count). The largest absolute Gasteiger partial charge is 0.490 e. The molecule has 1 heterocycles. The average molecular weight is 369 g/mol. The molecule has 0 unspecified atom stereocenters. The molecule has 0 spiro atoms. The normalized spacial score (nSPS) is 16.0. The molecule has 1 aromatic rings. The van der Waals surface area contributed by atoms with Gasteiger partial charge in [0.2, 0.25) is 5.91 Å². The monoisotopic (exact) mass is 368 g/mol. The first-order valence-corrected chi connectivity index (χ1v) is 9.11. The first-order valence-electron chi connectivity index (χ1n) is 9.11. The van der Waals surface area contributed by atoms with E-state index in [1.54, 1.807) is 0 Å². The van der Waals surface area contributed by atoms with Crippen LogP contribution in [0.1, 0.15) is 37.8 Å². The SMILES string of the molecule is CCOc1cc2c(cc1OCC)CN(C(=O)CNCC1CC1)CC2.Cl. The van der Waals surface area contributed by atoms with Crippen LogP contribution in [0.25, 0.3) is 0 Å². The Bertz CT molecular complexity index is 590. The third-order valence-electron chi connectivity index (χ3n) is 4.64. The van der Waals surface area contributed by atoms with E-state index < -0.39 is 0 Å². The Kier molecular flexibility index (Phi) is 7.38. The van der Waals surface area contributed by atoms with Crippen molar-refractivity contribution in [3.8, 4) is 11.5 Å². The molecule has 5 nitrogen and oxygen atoms in total. The minimum Gasteiger partial charge on any atom is -0.490 e. The van der Waals surface area contributed by atoms with Crippen LogP contribution in [-0.2, 0) is 17.8 Å². The van der Waals surface area contributed by atoms with Crippen LogP contribution in [0.15, 0.2) is 12.1 Å². The van der Waals surface area contributed by atoms with E-state index in [1.807, 2.05) is 24.8 Å². The highest BCUT2D eigenvalue weighted by molar-refractivity contribution is 5.85. The molecule has 0 bridgehead atoms. The second-order valence-corrected chi connectivity index (χ2v) is 6.57. The van der Waals surface area contributed by atoms with Gasteiger partial charge < -0.3 is 19.7 Å². The van der Waals surface area contributed by atoms with E-state index in [9.17, 15) is 4.79 Å². The molecule has 1 aromatic carbocycles. The fraction of sp³-hybridized carbons (Fsp3) is 0.632. The quantitative estimate of drug-likeness (QED) is 0.766. The van der Waals surface area contributed by atoms with E-state index in [4.69, 9.17) is 9.47 Å². The van der Waals surface area contributed by atoms with Crippen molar-refractivity contribution >= 4 is 18.3 Å². The van der Waals surface area contributed by atoms with Crippen LogP contribution in [-0.4, -0.2) is 43.7 Å². The zero-order valence-electron chi connectivity index (χ0n) is 15.2. The van der Waals surface area contributed by atoms with Crippen molar-refractivity contribution < 1.29 is 14.3 Å². The summed E-state index contributed by atoms with van der Waals surface area (Å²) in [5.74, 6) is 2.57. The van der Waals surface area contributed by atoms with Crippen molar-refractivity contribution in [1.29, 1.82) is 0 Å².